The quantitative estimate of drug-likeness (QED) is 0.317. The molecule has 1 heterocycles. The summed E-state index contributed by atoms with van der Waals surface area (Å²) in [5, 5.41) is 7.09. The van der Waals surface area contributed by atoms with Crippen LogP contribution in [0.5, 0.6) is 0 Å². The first-order valence-corrected chi connectivity index (χ1v) is 10.2. The molecule has 0 aliphatic carbocycles. The monoisotopic (exact) mass is 448 g/mol. The van der Waals surface area contributed by atoms with E-state index in [1.54, 1.807) is 42.5 Å². The number of carbonyl (C=O) groups excluding carboxylic acids is 1. The summed E-state index contributed by atoms with van der Waals surface area (Å²) < 4.78 is 5.44. The predicted octanol–water partition coefficient (Wildman–Crippen LogP) is 5.55. The third-order valence-electron chi connectivity index (χ3n) is 4.75. The molecule has 4 rings (SSSR count). The highest BCUT2D eigenvalue weighted by Crippen LogP contribution is 2.26. The summed E-state index contributed by atoms with van der Waals surface area (Å²) >= 11 is 11.2. The van der Waals surface area contributed by atoms with Crippen molar-refractivity contribution in [2.75, 3.05) is 5.32 Å². The Kier molecular flexibility index (Phi) is 5.84. The highest BCUT2D eigenvalue weighted by Gasteiger charge is 2.12. The molecule has 1 aromatic heterocycles. The van der Waals surface area contributed by atoms with Crippen LogP contribution >= 0.6 is 23.8 Å². The van der Waals surface area contributed by atoms with Crippen LogP contribution in [0.3, 0.4) is 0 Å². The molecule has 1 amide bonds. The van der Waals surface area contributed by atoms with Crippen molar-refractivity contribution < 1.29 is 9.21 Å². The second-order valence-corrected chi connectivity index (χ2v) is 7.78. The van der Waals surface area contributed by atoms with E-state index in [0.29, 0.717) is 33.0 Å². The van der Waals surface area contributed by atoms with Gasteiger partial charge in [-0.2, -0.15) is 0 Å². The van der Waals surface area contributed by atoms with Gasteiger partial charge in [0, 0.05) is 21.7 Å². The lowest BCUT2D eigenvalue weighted by Gasteiger charge is -2.13. The van der Waals surface area contributed by atoms with Crippen LogP contribution in [0.4, 0.5) is 5.69 Å². The molecule has 0 aliphatic rings. The zero-order chi connectivity index (χ0) is 22.0. The molecule has 0 atom stereocenters. The molecule has 3 aromatic carbocycles. The Morgan fingerprint density at radius 1 is 1.00 bits per heavy atom. The molecule has 2 N–H and O–H groups in total. The Bertz CT molecular complexity index is 1380. The number of halogens is 1. The molecule has 31 heavy (non-hydrogen) atoms. The summed E-state index contributed by atoms with van der Waals surface area (Å²) in [4.78, 5) is 24.9. The molecule has 0 saturated heterocycles. The van der Waals surface area contributed by atoms with Crippen molar-refractivity contribution in [2.24, 2.45) is 0 Å². The normalized spacial score (nSPS) is 10.6. The van der Waals surface area contributed by atoms with Gasteiger partial charge >= 0.3 is 5.63 Å². The fraction of sp³-hybridized carbons (Fsp3) is 0.0417. The second-order valence-electron chi connectivity index (χ2n) is 6.93. The third kappa shape index (κ3) is 4.66. The fourth-order valence-electron chi connectivity index (χ4n) is 3.15. The largest absolute Gasteiger partial charge is 0.422 e. The molecule has 0 spiro atoms. The highest BCUT2D eigenvalue weighted by atomic mass is 35.5. The van der Waals surface area contributed by atoms with E-state index in [0.717, 1.165) is 10.9 Å². The summed E-state index contributed by atoms with van der Waals surface area (Å²) in [5.74, 6) is -0.371. The zero-order valence-electron chi connectivity index (χ0n) is 16.4. The van der Waals surface area contributed by atoms with Crippen LogP contribution in [0.1, 0.15) is 15.9 Å². The molecule has 5 nitrogen and oxygen atoms in total. The van der Waals surface area contributed by atoms with Crippen molar-refractivity contribution >= 4 is 51.5 Å². The number of hydrogen-bond donors (Lipinski definition) is 2. The van der Waals surface area contributed by atoms with Gasteiger partial charge in [0.2, 0.25) is 0 Å². The Labute approximate surface area is 188 Å². The average Bonchev–Trinajstić information content (AvgIpc) is 2.75. The standard InChI is InChI=1S/C24H17ClN2O3S/c1-14-9-10-15(19-12-16-5-2-3-8-21(16)30-23(19)29)13-20(14)26-24(31)27-22(28)17-6-4-7-18(25)11-17/h2-13H,1H3,(H2,26,27,28,31). The molecule has 7 heteroatoms. The summed E-state index contributed by atoms with van der Waals surface area (Å²) in [5.41, 5.74) is 3.19. The first-order chi connectivity index (χ1) is 14.9. The van der Waals surface area contributed by atoms with E-state index in [4.69, 9.17) is 28.2 Å². The van der Waals surface area contributed by atoms with Gasteiger partial charge in [0.1, 0.15) is 5.58 Å². The van der Waals surface area contributed by atoms with Crippen LogP contribution in [0, 0.1) is 6.92 Å². The number of rotatable bonds is 3. The summed E-state index contributed by atoms with van der Waals surface area (Å²) in [6.07, 6.45) is 0. The van der Waals surface area contributed by atoms with E-state index < -0.39 is 5.63 Å². The number of carbonyl (C=O) groups is 1. The Balaban J connectivity index is 1.58. The number of amides is 1. The molecule has 0 bridgehead atoms. The van der Waals surface area contributed by atoms with E-state index >= 15 is 0 Å². The topological polar surface area (TPSA) is 71.3 Å². The SMILES string of the molecule is Cc1ccc(-c2cc3ccccc3oc2=O)cc1NC(=S)NC(=O)c1cccc(Cl)c1. The lowest BCUT2D eigenvalue weighted by atomic mass is 10.0. The number of benzene rings is 3. The van der Waals surface area contributed by atoms with Crippen molar-refractivity contribution in [3.8, 4) is 11.1 Å². The van der Waals surface area contributed by atoms with Crippen molar-refractivity contribution in [1.82, 2.24) is 5.32 Å². The molecule has 4 aromatic rings. The molecule has 0 unspecified atom stereocenters. The predicted molar refractivity (Wildman–Crippen MR) is 128 cm³/mol. The maximum absolute atomic E-state index is 12.5. The van der Waals surface area contributed by atoms with Crippen LogP contribution < -0.4 is 16.3 Å². The fourth-order valence-corrected chi connectivity index (χ4v) is 3.54. The summed E-state index contributed by atoms with van der Waals surface area (Å²) in [7, 11) is 0. The smallest absolute Gasteiger partial charge is 0.344 e. The molecule has 0 fully saturated rings. The number of nitrogens with one attached hydrogen (secondary N) is 2. The van der Waals surface area contributed by atoms with Crippen molar-refractivity contribution in [2.45, 2.75) is 6.92 Å². The minimum Gasteiger partial charge on any atom is -0.422 e. The van der Waals surface area contributed by atoms with Gasteiger partial charge in [-0.05, 0) is 66.7 Å². The van der Waals surface area contributed by atoms with E-state index in [9.17, 15) is 9.59 Å². The Morgan fingerprint density at radius 3 is 2.61 bits per heavy atom. The Morgan fingerprint density at radius 2 is 1.81 bits per heavy atom. The first kappa shape index (κ1) is 20.8. The maximum Gasteiger partial charge on any atom is 0.344 e. The number of fused-ring (bicyclic) bond motifs is 1. The van der Waals surface area contributed by atoms with E-state index in [1.807, 2.05) is 37.3 Å². The van der Waals surface area contributed by atoms with Gasteiger partial charge < -0.3 is 9.73 Å². The minimum atomic E-state index is -0.426. The van der Waals surface area contributed by atoms with Gasteiger partial charge in [-0.25, -0.2) is 4.79 Å². The number of para-hydroxylation sites is 1. The van der Waals surface area contributed by atoms with Gasteiger partial charge in [0.05, 0.1) is 5.56 Å². The van der Waals surface area contributed by atoms with Gasteiger partial charge in [-0.1, -0.05) is 48.0 Å². The van der Waals surface area contributed by atoms with Gasteiger partial charge in [-0.15, -0.1) is 0 Å². The van der Waals surface area contributed by atoms with Crippen molar-refractivity contribution in [1.29, 1.82) is 0 Å². The molecular weight excluding hydrogens is 432 g/mol. The Hall–Kier alpha value is -3.48. The number of aryl methyl sites for hydroxylation is 1. The van der Waals surface area contributed by atoms with Crippen LogP contribution in [0.25, 0.3) is 22.1 Å². The highest BCUT2D eigenvalue weighted by molar-refractivity contribution is 7.80. The number of hydrogen-bond acceptors (Lipinski definition) is 4. The lowest BCUT2D eigenvalue weighted by Crippen LogP contribution is -2.34. The molecular formula is C24H17ClN2O3S. The molecule has 154 valence electrons. The van der Waals surface area contributed by atoms with Crippen molar-refractivity contribution in [3.05, 3.63) is 99.4 Å². The van der Waals surface area contributed by atoms with Gasteiger partial charge in [-0.3, -0.25) is 10.1 Å². The lowest BCUT2D eigenvalue weighted by molar-refractivity contribution is 0.0977. The van der Waals surface area contributed by atoms with Crippen LogP contribution in [-0.4, -0.2) is 11.0 Å². The summed E-state index contributed by atoms with van der Waals surface area (Å²) in [6.45, 7) is 1.90. The first-order valence-electron chi connectivity index (χ1n) is 9.42. The molecule has 0 radical (unpaired) electrons. The average molecular weight is 449 g/mol. The number of anilines is 1. The van der Waals surface area contributed by atoms with Gasteiger partial charge in [0.25, 0.3) is 5.91 Å². The van der Waals surface area contributed by atoms with Crippen LogP contribution in [0.15, 0.2) is 82.0 Å². The maximum atomic E-state index is 12.5. The molecule has 0 saturated carbocycles. The van der Waals surface area contributed by atoms with Crippen LogP contribution in [0.2, 0.25) is 5.02 Å². The number of thiocarbonyl (C=S) groups is 1. The van der Waals surface area contributed by atoms with Gasteiger partial charge in [0.15, 0.2) is 5.11 Å². The second kappa shape index (κ2) is 8.71. The van der Waals surface area contributed by atoms with Crippen molar-refractivity contribution in [3.63, 3.8) is 0 Å². The minimum absolute atomic E-state index is 0.135. The van der Waals surface area contributed by atoms with E-state index in [2.05, 4.69) is 10.6 Å². The zero-order valence-corrected chi connectivity index (χ0v) is 18.0. The molecule has 0 aliphatic heterocycles. The van der Waals surface area contributed by atoms with E-state index in [1.165, 1.54) is 0 Å². The van der Waals surface area contributed by atoms with E-state index in [-0.39, 0.29) is 11.0 Å². The van der Waals surface area contributed by atoms with Crippen LogP contribution in [-0.2, 0) is 0 Å². The third-order valence-corrected chi connectivity index (χ3v) is 5.19. The summed E-state index contributed by atoms with van der Waals surface area (Å²) in [6, 6.07) is 21.2.